The predicted molar refractivity (Wildman–Crippen MR) is 54.6 cm³/mol. The third kappa shape index (κ3) is 3.52. The third-order valence-corrected chi connectivity index (χ3v) is 5.59. The first-order valence-corrected chi connectivity index (χ1v) is 6.95. The third-order valence-electron chi connectivity index (χ3n) is 1.79. The fourth-order valence-corrected chi connectivity index (χ4v) is 5.22. The van der Waals surface area contributed by atoms with Crippen LogP contribution in [0.15, 0.2) is 0 Å². The number of carbonyl (C=O) groups is 1. The Labute approximate surface area is 75.7 Å². The molecule has 0 aromatic heterocycles. The summed E-state index contributed by atoms with van der Waals surface area (Å²) in [6.45, 7) is 1.96. The Hall–Kier alpha value is 0.370. The number of carbonyl (C=O) groups excluding carboxylic acids is 1. The van der Waals surface area contributed by atoms with Gasteiger partial charge in [0.2, 0.25) is 0 Å². The first-order valence-electron chi connectivity index (χ1n) is 4.06. The van der Waals surface area contributed by atoms with Crippen molar-refractivity contribution in [3.8, 4) is 0 Å². The summed E-state index contributed by atoms with van der Waals surface area (Å²) in [7, 11) is 0.455. The lowest BCUT2D eigenvalue weighted by Gasteiger charge is -2.12. The molecule has 0 spiro atoms. The van der Waals surface area contributed by atoms with E-state index in [0.29, 0.717) is 16.7 Å². The van der Waals surface area contributed by atoms with E-state index in [1.807, 2.05) is 18.7 Å². The van der Waals surface area contributed by atoms with Gasteiger partial charge in [-0.1, -0.05) is 6.92 Å². The van der Waals surface area contributed by atoms with E-state index < -0.39 is 0 Å². The fourth-order valence-electron chi connectivity index (χ4n) is 1.03. The molecule has 0 atom stereocenters. The number of ketones is 1. The Bertz CT molecular complexity index is 130. The molecule has 0 N–H and O–H groups in total. The van der Waals surface area contributed by atoms with Gasteiger partial charge in [0.25, 0.3) is 0 Å². The van der Waals surface area contributed by atoms with E-state index in [-0.39, 0.29) is 0 Å². The van der Waals surface area contributed by atoms with Crippen LogP contribution >= 0.6 is 11.8 Å². The normalized spacial score (nSPS) is 20.1. The van der Waals surface area contributed by atoms with Crippen LogP contribution in [0.1, 0.15) is 13.3 Å². The minimum absolute atomic E-state index is 0.455. The highest BCUT2D eigenvalue weighted by molar-refractivity contribution is 8.05. The highest BCUT2D eigenvalue weighted by Gasteiger charge is 2.24. The van der Waals surface area contributed by atoms with Crippen molar-refractivity contribution in [1.82, 2.24) is 0 Å². The molecule has 0 saturated carbocycles. The SMILES string of the molecule is CCC(=O)C[S+]1CCSCC1. The van der Waals surface area contributed by atoms with Gasteiger partial charge in [-0.2, -0.15) is 11.8 Å². The van der Waals surface area contributed by atoms with Gasteiger partial charge < -0.3 is 0 Å². The minimum atomic E-state index is 0.455. The van der Waals surface area contributed by atoms with Crippen molar-refractivity contribution in [2.75, 3.05) is 28.8 Å². The summed E-state index contributed by atoms with van der Waals surface area (Å²) in [5.41, 5.74) is 0. The molecular weight excluding hydrogens is 176 g/mol. The summed E-state index contributed by atoms with van der Waals surface area (Å²) in [5, 5.41) is 0. The monoisotopic (exact) mass is 191 g/mol. The molecule has 0 radical (unpaired) electrons. The molecule has 1 saturated heterocycles. The zero-order valence-electron chi connectivity index (χ0n) is 6.97. The maximum absolute atomic E-state index is 11.1. The summed E-state index contributed by atoms with van der Waals surface area (Å²) < 4.78 is 0. The fraction of sp³-hybridized carbons (Fsp3) is 0.875. The summed E-state index contributed by atoms with van der Waals surface area (Å²) in [6, 6.07) is 0. The van der Waals surface area contributed by atoms with Crippen LogP contribution in [-0.2, 0) is 15.7 Å². The standard InChI is InChI=1S/C8H15OS2/c1-2-8(9)7-11-5-3-10-4-6-11/h2-7H2,1H3/q+1. The van der Waals surface area contributed by atoms with E-state index in [9.17, 15) is 4.79 Å². The summed E-state index contributed by atoms with van der Waals surface area (Å²) in [6.07, 6.45) is 0.733. The van der Waals surface area contributed by atoms with Gasteiger partial charge in [-0.25, -0.2) is 0 Å². The quantitative estimate of drug-likeness (QED) is 0.626. The molecule has 1 fully saturated rings. The van der Waals surface area contributed by atoms with Crippen LogP contribution < -0.4 is 0 Å². The van der Waals surface area contributed by atoms with Gasteiger partial charge in [0.1, 0.15) is 11.5 Å². The molecule has 64 valence electrons. The Morgan fingerprint density at radius 1 is 1.45 bits per heavy atom. The van der Waals surface area contributed by atoms with Gasteiger partial charge in [0.15, 0.2) is 11.5 Å². The Kier molecular flexibility index (Phi) is 4.38. The van der Waals surface area contributed by atoms with Crippen molar-refractivity contribution in [2.45, 2.75) is 13.3 Å². The van der Waals surface area contributed by atoms with Crippen LogP contribution in [0, 0.1) is 0 Å². The second kappa shape index (κ2) is 5.09. The van der Waals surface area contributed by atoms with Crippen LogP contribution in [0.5, 0.6) is 0 Å². The number of thioether (sulfide) groups is 1. The zero-order chi connectivity index (χ0) is 8.10. The van der Waals surface area contributed by atoms with Crippen molar-refractivity contribution < 1.29 is 4.79 Å². The van der Waals surface area contributed by atoms with Crippen molar-refractivity contribution >= 4 is 28.4 Å². The summed E-state index contributed by atoms with van der Waals surface area (Å²) in [4.78, 5) is 11.1. The second-order valence-electron chi connectivity index (χ2n) is 2.67. The van der Waals surface area contributed by atoms with Crippen LogP contribution in [0.2, 0.25) is 0 Å². The maximum atomic E-state index is 11.1. The Morgan fingerprint density at radius 3 is 2.64 bits per heavy atom. The second-order valence-corrected chi connectivity index (χ2v) is 6.22. The molecule has 0 aliphatic carbocycles. The van der Waals surface area contributed by atoms with E-state index in [1.54, 1.807) is 0 Å². The van der Waals surface area contributed by atoms with Crippen LogP contribution in [0.3, 0.4) is 0 Å². The lowest BCUT2D eigenvalue weighted by Crippen LogP contribution is -2.27. The van der Waals surface area contributed by atoms with Gasteiger partial charge in [0, 0.05) is 17.9 Å². The van der Waals surface area contributed by atoms with E-state index >= 15 is 0 Å². The molecule has 3 heteroatoms. The molecule has 1 nitrogen and oxygen atoms in total. The van der Waals surface area contributed by atoms with Crippen molar-refractivity contribution in [3.05, 3.63) is 0 Å². The zero-order valence-corrected chi connectivity index (χ0v) is 8.60. The number of hydrogen-bond acceptors (Lipinski definition) is 2. The lowest BCUT2D eigenvalue weighted by molar-refractivity contribution is -0.116. The molecule has 1 rings (SSSR count). The molecule has 1 heterocycles. The van der Waals surface area contributed by atoms with Gasteiger partial charge in [-0.15, -0.1) is 0 Å². The maximum Gasteiger partial charge on any atom is 0.181 e. The van der Waals surface area contributed by atoms with Crippen LogP contribution in [0.4, 0.5) is 0 Å². The van der Waals surface area contributed by atoms with E-state index in [2.05, 4.69) is 0 Å². The smallest absolute Gasteiger partial charge is 0.181 e. The highest BCUT2D eigenvalue weighted by atomic mass is 32.2. The number of hydrogen-bond donors (Lipinski definition) is 0. The average Bonchev–Trinajstić information content (AvgIpc) is 2.06. The molecule has 1 aliphatic rings. The molecule has 11 heavy (non-hydrogen) atoms. The highest BCUT2D eigenvalue weighted by Crippen LogP contribution is 2.13. The van der Waals surface area contributed by atoms with Crippen molar-refractivity contribution in [2.24, 2.45) is 0 Å². The van der Waals surface area contributed by atoms with Crippen LogP contribution in [0.25, 0.3) is 0 Å². The molecule has 0 unspecified atom stereocenters. The molecule has 0 aromatic rings. The van der Waals surface area contributed by atoms with Gasteiger partial charge in [-0.3, -0.25) is 4.79 Å². The van der Waals surface area contributed by atoms with E-state index in [0.717, 1.165) is 12.2 Å². The minimum Gasteiger partial charge on any atom is -0.294 e. The van der Waals surface area contributed by atoms with Gasteiger partial charge >= 0.3 is 0 Å². The van der Waals surface area contributed by atoms with Crippen LogP contribution in [-0.4, -0.2) is 34.5 Å². The van der Waals surface area contributed by atoms with E-state index in [1.165, 1.54) is 23.0 Å². The van der Waals surface area contributed by atoms with Crippen molar-refractivity contribution in [3.63, 3.8) is 0 Å². The number of rotatable bonds is 3. The average molecular weight is 191 g/mol. The predicted octanol–water partition coefficient (Wildman–Crippen LogP) is 1.33. The Balaban J connectivity index is 2.19. The topological polar surface area (TPSA) is 17.1 Å². The molecule has 1 aliphatic heterocycles. The first kappa shape index (κ1) is 9.46. The Morgan fingerprint density at radius 2 is 2.09 bits per heavy atom. The molecular formula is C8H15OS2+. The van der Waals surface area contributed by atoms with E-state index in [4.69, 9.17) is 0 Å². The molecule has 0 amide bonds. The summed E-state index contributed by atoms with van der Waals surface area (Å²) in [5.74, 6) is 6.46. The molecule has 0 aromatic carbocycles. The lowest BCUT2D eigenvalue weighted by atomic mass is 10.4. The van der Waals surface area contributed by atoms with Gasteiger partial charge in [-0.05, 0) is 10.9 Å². The molecule has 0 bridgehead atoms. The number of Topliss-reactive ketones (excluding diaryl/α,β-unsaturated/α-hetero) is 1. The largest absolute Gasteiger partial charge is 0.294 e. The van der Waals surface area contributed by atoms with Gasteiger partial charge in [0.05, 0.1) is 0 Å². The van der Waals surface area contributed by atoms with Crippen molar-refractivity contribution in [1.29, 1.82) is 0 Å². The summed E-state index contributed by atoms with van der Waals surface area (Å²) >= 11 is 2.03. The first-order chi connectivity index (χ1) is 5.33.